The van der Waals surface area contributed by atoms with Gasteiger partial charge in [0.05, 0.1) is 18.7 Å². The predicted octanol–water partition coefficient (Wildman–Crippen LogP) is 8.10. The van der Waals surface area contributed by atoms with Gasteiger partial charge in [0.1, 0.15) is 24.9 Å². The van der Waals surface area contributed by atoms with Gasteiger partial charge in [-0.3, -0.25) is 4.79 Å². The average molecular weight is 604 g/mol. The van der Waals surface area contributed by atoms with E-state index in [1.165, 1.54) is 13.2 Å². The van der Waals surface area contributed by atoms with Gasteiger partial charge in [-0.1, -0.05) is 65.7 Å². The molecule has 0 radical (unpaired) electrons. The zero-order valence-corrected chi connectivity index (χ0v) is 24.5. The highest BCUT2D eigenvalue weighted by Crippen LogP contribution is 2.38. The Kier molecular flexibility index (Phi) is 10.7. The fourth-order valence-corrected chi connectivity index (χ4v) is 4.43. The van der Waals surface area contributed by atoms with E-state index < -0.39 is 5.91 Å². The fourth-order valence-electron chi connectivity index (χ4n) is 3.96. The van der Waals surface area contributed by atoms with Crippen LogP contribution in [0.3, 0.4) is 0 Å². The molecular weight excluding hydrogens is 575 g/mol. The number of nitrogens with one attached hydrogen (secondary N) is 1. The number of halogens is 2. The SMILES string of the molecule is CCOc1cc(COc2c(Cl)cc(/C=C(/C#N)C(=O)Nc3cccc(Cl)c3)cc2OC)ccc1OCc1ccccc1. The molecule has 0 aliphatic rings. The normalized spacial score (nSPS) is 10.9. The number of ether oxygens (including phenoxy) is 4. The minimum absolute atomic E-state index is 0.125. The molecule has 214 valence electrons. The first-order valence-electron chi connectivity index (χ1n) is 13.0. The summed E-state index contributed by atoms with van der Waals surface area (Å²) < 4.78 is 23.4. The van der Waals surface area contributed by atoms with Crippen molar-refractivity contribution in [3.05, 3.63) is 117 Å². The molecule has 0 fully saturated rings. The van der Waals surface area contributed by atoms with Crippen LogP contribution in [0.4, 0.5) is 5.69 Å². The molecule has 0 bridgehead atoms. The first-order chi connectivity index (χ1) is 20.4. The molecular formula is C33H28Cl2N2O5. The first kappa shape index (κ1) is 30.3. The minimum atomic E-state index is -0.587. The predicted molar refractivity (Wildman–Crippen MR) is 164 cm³/mol. The van der Waals surface area contributed by atoms with Gasteiger partial charge in [0.25, 0.3) is 5.91 Å². The lowest BCUT2D eigenvalue weighted by Crippen LogP contribution is -2.13. The summed E-state index contributed by atoms with van der Waals surface area (Å²) in [7, 11) is 1.48. The summed E-state index contributed by atoms with van der Waals surface area (Å²) in [5.74, 6) is 1.31. The highest BCUT2D eigenvalue weighted by molar-refractivity contribution is 6.32. The van der Waals surface area contributed by atoms with Crippen LogP contribution in [0, 0.1) is 11.3 Å². The maximum absolute atomic E-state index is 12.7. The van der Waals surface area contributed by atoms with Gasteiger partial charge in [-0.25, -0.2) is 0 Å². The number of hydrogen-bond acceptors (Lipinski definition) is 6. The zero-order chi connectivity index (χ0) is 29.9. The third kappa shape index (κ3) is 8.20. The van der Waals surface area contributed by atoms with Crippen molar-refractivity contribution in [1.29, 1.82) is 5.26 Å². The van der Waals surface area contributed by atoms with Crippen LogP contribution in [0.2, 0.25) is 10.0 Å². The van der Waals surface area contributed by atoms with E-state index in [9.17, 15) is 10.1 Å². The third-order valence-corrected chi connectivity index (χ3v) is 6.45. The topological polar surface area (TPSA) is 89.8 Å². The molecule has 0 atom stereocenters. The second kappa shape index (κ2) is 14.8. The van der Waals surface area contributed by atoms with Crippen molar-refractivity contribution in [2.45, 2.75) is 20.1 Å². The summed E-state index contributed by atoms with van der Waals surface area (Å²) in [6, 6.07) is 27.3. The van der Waals surface area contributed by atoms with Crippen LogP contribution in [0.1, 0.15) is 23.6 Å². The van der Waals surface area contributed by atoms with Gasteiger partial charge in [-0.05, 0) is 72.2 Å². The fraction of sp³-hybridized carbons (Fsp3) is 0.152. The molecule has 0 saturated heterocycles. The summed E-state index contributed by atoms with van der Waals surface area (Å²) in [6.07, 6.45) is 1.42. The van der Waals surface area contributed by atoms with E-state index in [1.54, 1.807) is 36.4 Å². The molecule has 1 N–H and O–H groups in total. The van der Waals surface area contributed by atoms with Crippen LogP contribution in [-0.4, -0.2) is 19.6 Å². The summed E-state index contributed by atoms with van der Waals surface area (Å²) in [4.78, 5) is 12.7. The Labute approximate surface area is 254 Å². The molecule has 9 heteroatoms. The van der Waals surface area contributed by atoms with Gasteiger partial charge >= 0.3 is 0 Å². The molecule has 0 aliphatic carbocycles. The van der Waals surface area contributed by atoms with Crippen molar-refractivity contribution in [1.82, 2.24) is 0 Å². The molecule has 0 heterocycles. The number of nitriles is 1. The van der Waals surface area contributed by atoms with Crippen molar-refractivity contribution in [3.63, 3.8) is 0 Å². The largest absolute Gasteiger partial charge is 0.493 e. The van der Waals surface area contributed by atoms with E-state index >= 15 is 0 Å². The van der Waals surface area contributed by atoms with E-state index in [4.69, 9.17) is 42.1 Å². The molecule has 4 aromatic rings. The third-order valence-electron chi connectivity index (χ3n) is 5.94. The number of hydrogen-bond donors (Lipinski definition) is 1. The van der Waals surface area contributed by atoms with Crippen LogP contribution < -0.4 is 24.3 Å². The van der Waals surface area contributed by atoms with Crippen molar-refractivity contribution >= 4 is 40.9 Å². The van der Waals surface area contributed by atoms with Crippen molar-refractivity contribution < 1.29 is 23.7 Å². The lowest BCUT2D eigenvalue weighted by molar-refractivity contribution is -0.112. The molecule has 0 saturated carbocycles. The number of carbonyl (C=O) groups is 1. The average Bonchev–Trinajstić information content (AvgIpc) is 2.99. The summed E-state index contributed by atoms with van der Waals surface area (Å²) >= 11 is 12.5. The zero-order valence-electron chi connectivity index (χ0n) is 23.0. The van der Waals surface area contributed by atoms with Gasteiger partial charge in [0.2, 0.25) is 0 Å². The van der Waals surface area contributed by atoms with Crippen molar-refractivity contribution in [3.8, 4) is 29.1 Å². The van der Waals surface area contributed by atoms with E-state index in [1.807, 2.05) is 61.5 Å². The molecule has 4 rings (SSSR count). The number of carbonyl (C=O) groups excluding carboxylic acids is 1. The van der Waals surface area contributed by atoms with Crippen LogP contribution >= 0.6 is 23.2 Å². The molecule has 0 unspecified atom stereocenters. The maximum atomic E-state index is 12.7. The molecule has 7 nitrogen and oxygen atoms in total. The number of amides is 1. The van der Waals surface area contributed by atoms with E-state index in [0.29, 0.717) is 52.5 Å². The highest BCUT2D eigenvalue weighted by atomic mass is 35.5. The van der Waals surface area contributed by atoms with Gasteiger partial charge in [0, 0.05) is 10.7 Å². The van der Waals surface area contributed by atoms with E-state index in [-0.39, 0.29) is 17.2 Å². The van der Waals surface area contributed by atoms with Gasteiger partial charge < -0.3 is 24.3 Å². The summed E-state index contributed by atoms with van der Waals surface area (Å²) in [6.45, 7) is 2.97. The maximum Gasteiger partial charge on any atom is 0.266 e. The Morgan fingerprint density at radius 1 is 0.857 bits per heavy atom. The second-order valence-corrected chi connectivity index (χ2v) is 9.79. The molecule has 0 spiro atoms. The van der Waals surface area contributed by atoms with Crippen molar-refractivity contribution in [2.24, 2.45) is 0 Å². The molecule has 0 aromatic heterocycles. The van der Waals surface area contributed by atoms with E-state index in [0.717, 1.165) is 11.1 Å². The Morgan fingerprint density at radius 3 is 2.36 bits per heavy atom. The molecule has 1 amide bonds. The Hall–Kier alpha value is -4.64. The Morgan fingerprint density at radius 2 is 1.64 bits per heavy atom. The Bertz CT molecular complexity index is 1620. The number of rotatable bonds is 12. The lowest BCUT2D eigenvalue weighted by atomic mass is 10.1. The summed E-state index contributed by atoms with van der Waals surface area (Å²) in [5.41, 5.74) is 2.71. The first-order valence-corrected chi connectivity index (χ1v) is 13.8. The highest BCUT2D eigenvalue weighted by Gasteiger charge is 2.16. The van der Waals surface area contributed by atoms with Gasteiger partial charge in [0.15, 0.2) is 23.0 Å². The Balaban J connectivity index is 1.48. The van der Waals surface area contributed by atoms with Crippen molar-refractivity contribution in [2.75, 3.05) is 19.0 Å². The number of anilines is 1. The molecule has 0 aliphatic heterocycles. The van der Waals surface area contributed by atoms with E-state index in [2.05, 4.69) is 5.32 Å². The van der Waals surface area contributed by atoms with Gasteiger partial charge in [-0.15, -0.1) is 0 Å². The van der Waals surface area contributed by atoms with Crippen LogP contribution in [0.15, 0.2) is 90.5 Å². The second-order valence-electron chi connectivity index (χ2n) is 8.95. The number of nitrogens with zero attached hydrogens (tertiary/aromatic N) is 1. The lowest BCUT2D eigenvalue weighted by Gasteiger charge is -2.16. The summed E-state index contributed by atoms with van der Waals surface area (Å²) in [5, 5.41) is 13.0. The van der Waals surface area contributed by atoms with Crippen LogP contribution in [0.25, 0.3) is 6.08 Å². The quantitative estimate of drug-likeness (QED) is 0.130. The van der Waals surface area contributed by atoms with Crippen LogP contribution in [-0.2, 0) is 18.0 Å². The minimum Gasteiger partial charge on any atom is -0.493 e. The number of methoxy groups -OCH3 is 1. The number of benzene rings is 4. The molecule has 42 heavy (non-hydrogen) atoms. The molecule has 4 aromatic carbocycles. The van der Waals surface area contributed by atoms with Crippen LogP contribution in [0.5, 0.6) is 23.0 Å². The van der Waals surface area contributed by atoms with Gasteiger partial charge in [-0.2, -0.15) is 5.26 Å². The standard InChI is InChI=1S/C33H28Cl2N2O5/c1-3-40-30-16-23(12-13-29(30)41-20-22-8-5-4-6-9-22)21-42-32-28(35)15-24(17-31(32)39-2)14-25(19-36)33(38)37-27-11-7-10-26(34)18-27/h4-18H,3,20-21H2,1-2H3,(H,37,38)/b25-14-. The smallest absolute Gasteiger partial charge is 0.266 e. The monoisotopic (exact) mass is 602 g/mol.